The van der Waals surface area contributed by atoms with Crippen LogP contribution in [-0.4, -0.2) is 19.5 Å². The first-order valence-electron chi connectivity index (χ1n) is 4.55. The quantitative estimate of drug-likeness (QED) is 0.574. The van der Waals surface area contributed by atoms with Crippen LogP contribution in [0.5, 0.6) is 5.75 Å². The molecular formula is C11H14ClNO2. The van der Waals surface area contributed by atoms with Crippen molar-refractivity contribution in [2.75, 3.05) is 19.1 Å². The Kier molecular flexibility index (Phi) is 3.58. The Bertz CT molecular complexity index is 367. The van der Waals surface area contributed by atoms with Gasteiger partial charge in [-0.05, 0) is 48.7 Å². The van der Waals surface area contributed by atoms with E-state index in [9.17, 15) is 4.79 Å². The molecule has 0 saturated carbocycles. The summed E-state index contributed by atoms with van der Waals surface area (Å²) in [6.45, 7) is 3.84. The lowest BCUT2D eigenvalue weighted by atomic mass is 10.1. The minimum atomic E-state index is -0.494. The molecule has 3 nitrogen and oxygen atoms in total. The second-order valence-corrected chi connectivity index (χ2v) is 3.75. The van der Waals surface area contributed by atoms with Gasteiger partial charge >= 0.3 is 5.37 Å². The molecule has 1 rings (SSSR count). The maximum absolute atomic E-state index is 11.1. The predicted molar refractivity (Wildman–Crippen MR) is 62.1 cm³/mol. The smallest absolute Gasteiger partial charge is 0.320 e. The lowest BCUT2D eigenvalue weighted by Crippen LogP contribution is -2.21. The van der Waals surface area contributed by atoms with E-state index in [1.807, 2.05) is 26.0 Å². The number of benzene rings is 1. The topological polar surface area (TPSA) is 29.5 Å². The molecule has 0 spiro atoms. The maximum atomic E-state index is 11.1. The Morgan fingerprint density at radius 1 is 1.33 bits per heavy atom. The number of amides is 1. The summed E-state index contributed by atoms with van der Waals surface area (Å²) in [5, 5.41) is -0.494. The Balaban J connectivity index is 3.25. The Morgan fingerprint density at radius 2 is 1.80 bits per heavy atom. The van der Waals surface area contributed by atoms with Gasteiger partial charge in [0, 0.05) is 7.05 Å². The van der Waals surface area contributed by atoms with Crippen molar-refractivity contribution in [3.63, 3.8) is 0 Å². The van der Waals surface area contributed by atoms with Crippen LogP contribution in [0.4, 0.5) is 10.5 Å². The molecule has 0 aliphatic carbocycles. The van der Waals surface area contributed by atoms with Crippen LogP contribution >= 0.6 is 11.6 Å². The Labute approximate surface area is 94.6 Å². The number of hydrogen-bond donors (Lipinski definition) is 0. The highest BCUT2D eigenvalue weighted by atomic mass is 35.5. The molecule has 4 heteroatoms. The molecule has 0 radical (unpaired) electrons. The number of anilines is 1. The number of rotatable bonds is 2. The fourth-order valence-corrected chi connectivity index (χ4v) is 1.74. The van der Waals surface area contributed by atoms with E-state index in [1.54, 1.807) is 14.2 Å². The van der Waals surface area contributed by atoms with Crippen molar-refractivity contribution in [1.29, 1.82) is 0 Å². The zero-order valence-electron chi connectivity index (χ0n) is 9.30. The molecule has 15 heavy (non-hydrogen) atoms. The molecule has 1 aromatic carbocycles. The second-order valence-electron chi connectivity index (χ2n) is 3.42. The van der Waals surface area contributed by atoms with Gasteiger partial charge in [-0.2, -0.15) is 0 Å². The molecule has 0 fully saturated rings. The first-order chi connectivity index (χ1) is 6.97. The summed E-state index contributed by atoms with van der Waals surface area (Å²) >= 11 is 5.44. The highest BCUT2D eigenvalue weighted by molar-refractivity contribution is 6.66. The third kappa shape index (κ3) is 2.42. The largest absolute Gasteiger partial charge is 0.497 e. The number of methoxy groups -OCH3 is 1. The monoisotopic (exact) mass is 227 g/mol. The first-order valence-corrected chi connectivity index (χ1v) is 4.93. The van der Waals surface area contributed by atoms with E-state index in [1.165, 1.54) is 4.90 Å². The number of aryl methyl sites for hydroxylation is 2. The summed E-state index contributed by atoms with van der Waals surface area (Å²) in [5.41, 5.74) is 2.75. The molecule has 0 atom stereocenters. The third-order valence-electron chi connectivity index (χ3n) is 2.30. The molecule has 1 aromatic rings. The molecule has 0 aromatic heterocycles. The van der Waals surface area contributed by atoms with Crippen LogP contribution in [0, 0.1) is 13.8 Å². The molecule has 0 bridgehead atoms. The van der Waals surface area contributed by atoms with Gasteiger partial charge in [-0.3, -0.25) is 4.79 Å². The summed E-state index contributed by atoms with van der Waals surface area (Å²) in [6.07, 6.45) is 0. The van der Waals surface area contributed by atoms with Crippen LogP contribution in [0.3, 0.4) is 0 Å². The second kappa shape index (κ2) is 4.53. The van der Waals surface area contributed by atoms with Crippen LogP contribution in [0.15, 0.2) is 12.1 Å². The van der Waals surface area contributed by atoms with E-state index in [-0.39, 0.29) is 0 Å². The minimum Gasteiger partial charge on any atom is -0.497 e. The summed E-state index contributed by atoms with van der Waals surface area (Å²) < 4.78 is 5.13. The van der Waals surface area contributed by atoms with E-state index < -0.39 is 5.37 Å². The number of carbonyl (C=O) groups excluding carboxylic acids is 1. The van der Waals surface area contributed by atoms with Crippen molar-refractivity contribution in [3.8, 4) is 5.75 Å². The maximum Gasteiger partial charge on any atom is 0.320 e. The Morgan fingerprint density at radius 3 is 2.13 bits per heavy atom. The molecule has 0 aliphatic rings. The number of ether oxygens (including phenoxy) is 1. The van der Waals surface area contributed by atoms with Gasteiger partial charge in [0.2, 0.25) is 0 Å². The highest BCUT2D eigenvalue weighted by Crippen LogP contribution is 2.29. The summed E-state index contributed by atoms with van der Waals surface area (Å²) in [7, 11) is 3.27. The lowest BCUT2D eigenvalue weighted by molar-refractivity contribution is 0.265. The van der Waals surface area contributed by atoms with Crippen LogP contribution in [0.1, 0.15) is 11.1 Å². The molecular weight excluding hydrogens is 214 g/mol. The fraction of sp³-hybridized carbons (Fsp3) is 0.364. The normalized spacial score (nSPS) is 9.93. The number of hydrogen-bond acceptors (Lipinski definition) is 2. The SMILES string of the molecule is COc1cc(C)c(N(C)C(=O)Cl)c(C)c1. The van der Waals surface area contributed by atoms with Crippen LogP contribution < -0.4 is 9.64 Å². The highest BCUT2D eigenvalue weighted by Gasteiger charge is 2.14. The summed E-state index contributed by atoms with van der Waals surface area (Å²) in [4.78, 5) is 12.5. The van der Waals surface area contributed by atoms with E-state index >= 15 is 0 Å². The van der Waals surface area contributed by atoms with E-state index in [2.05, 4.69) is 0 Å². The number of halogens is 1. The molecule has 0 aliphatic heterocycles. The van der Waals surface area contributed by atoms with Crippen molar-refractivity contribution in [2.45, 2.75) is 13.8 Å². The molecule has 0 heterocycles. The van der Waals surface area contributed by atoms with Gasteiger partial charge in [0.25, 0.3) is 0 Å². The standard InChI is InChI=1S/C11H14ClNO2/c1-7-5-9(15-4)6-8(2)10(7)13(3)11(12)14/h5-6H,1-4H3. The number of carbonyl (C=O) groups is 1. The summed E-state index contributed by atoms with van der Waals surface area (Å²) in [5.74, 6) is 0.782. The zero-order valence-corrected chi connectivity index (χ0v) is 10.1. The molecule has 1 amide bonds. The zero-order chi connectivity index (χ0) is 11.6. The van der Waals surface area contributed by atoms with Gasteiger partial charge in [0.1, 0.15) is 5.75 Å². The van der Waals surface area contributed by atoms with Crippen molar-refractivity contribution in [1.82, 2.24) is 0 Å². The van der Waals surface area contributed by atoms with Crippen molar-refractivity contribution in [3.05, 3.63) is 23.3 Å². The molecule has 0 saturated heterocycles. The average Bonchev–Trinajstić information content (AvgIpc) is 2.16. The lowest BCUT2D eigenvalue weighted by Gasteiger charge is -2.19. The van der Waals surface area contributed by atoms with Gasteiger partial charge in [0.15, 0.2) is 0 Å². The van der Waals surface area contributed by atoms with Gasteiger partial charge in [-0.15, -0.1) is 0 Å². The summed E-state index contributed by atoms with van der Waals surface area (Å²) in [6, 6.07) is 3.75. The van der Waals surface area contributed by atoms with Crippen LogP contribution in [0.2, 0.25) is 0 Å². The van der Waals surface area contributed by atoms with Gasteiger partial charge in [0.05, 0.1) is 12.8 Å². The van der Waals surface area contributed by atoms with E-state index in [0.29, 0.717) is 0 Å². The fourth-order valence-electron chi connectivity index (χ4n) is 1.65. The minimum absolute atomic E-state index is 0.494. The van der Waals surface area contributed by atoms with Crippen molar-refractivity contribution in [2.24, 2.45) is 0 Å². The van der Waals surface area contributed by atoms with E-state index in [4.69, 9.17) is 16.3 Å². The molecule has 0 unspecified atom stereocenters. The molecule has 0 N–H and O–H groups in total. The van der Waals surface area contributed by atoms with Crippen molar-refractivity contribution < 1.29 is 9.53 Å². The van der Waals surface area contributed by atoms with Crippen LogP contribution in [-0.2, 0) is 0 Å². The third-order valence-corrected chi connectivity index (χ3v) is 2.55. The van der Waals surface area contributed by atoms with Gasteiger partial charge < -0.3 is 9.64 Å². The number of nitrogens with zero attached hydrogens (tertiary/aromatic N) is 1. The average molecular weight is 228 g/mol. The van der Waals surface area contributed by atoms with Crippen LogP contribution in [0.25, 0.3) is 0 Å². The van der Waals surface area contributed by atoms with Gasteiger partial charge in [-0.1, -0.05) is 0 Å². The predicted octanol–water partition coefficient (Wildman–Crippen LogP) is 3.11. The van der Waals surface area contributed by atoms with E-state index in [0.717, 1.165) is 22.6 Å². The van der Waals surface area contributed by atoms with Crippen molar-refractivity contribution >= 4 is 22.7 Å². The Hall–Kier alpha value is -1.22. The van der Waals surface area contributed by atoms with Gasteiger partial charge in [-0.25, -0.2) is 0 Å². The molecule has 82 valence electrons. The first kappa shape index (κ1) is 11.9.